The third-order valence-corrected chi connectivity index (χ3v) is 3.05. The van der Waals surface area contributed by atoms with Gasteiger partial charge in [-0.25, -0.2) is 8.42 Å². The standard InChI is InChI=1S/C8H16O5S.K/c1-3-4-8(14(10,11)12)5-6-13-7(2)9;/h8H,3-6H2,1-2H3,(H,10,11,12);/q;+1/p-1. The normalized spacial score (nSPS) is 12.7. The summed E-state index contributed by atoms with van der Waals surface area (Å²) in [5.41, 5.74) is 0. The van der Waals surface area contributed by atoms with E-state index in [4.69, 9.17) is 0 Å². The average molecular weight is 262 g/mol. The van der Waals surface area contributed by atoms with Crippen LogP contribution < -0.4 is 51.4 Å². The molecule has 0 aliphatic heterocycles. The summed E-state index contributed by atoms with van der Waals surface area (Å²) >= 11 is 0. The van der Waals surface area contributed by atoms with Crippen LogP contribution in [0.15, 0.2) is 0 Å². The maximum Gasteiger partial charge on any atom is 1.00 e. The van der Waals surface area contributed by atoms with Gasteiger partial charge < -0.3 is 9.29 Å². The van der Waals surface area contributed by atoms with E-state index >= 15 is 0 Å². The minimum atomic E-state index is -4.27. The van der Waals surface area contributed by atoms with Crippen LogP contribution in [0.25, 0.3) is 0 Å². The second-order valence-corrected chi connectivity index (χ2v) is 4.68. The number of ether oxygens (including phenoxy) is 1. The quantitative estimate of drug-likeness (QED) is 0.304. The van der Waals surface area contributed by atoms with Gasteiger partial charge in [-0.15, -0.1) is 0 Å². The van der Waals surface area contributed by atoms with E-state index in [1.54, 1.807) is 6.92 Å². The van der Waals surface area contributed by atoms with Crippen LogP contribution in [0.4, 0.5) is 0 Å². The van der Waals surface area contributed by atoms with Gasteiger partial charge in [0.05, 0.1) is 22.0 Å². The van der Waals surface area contributed by atoms with Crippen molar-refractivity contribution in [2.24, 2.45) is 0 Å². The van der Waals surface area contributed by atoms with Gasteiger partial charge in [-0.1, -0.05) is 13.3 Å². The predicted molar refractivity (Wildman–Crippen MR) is 49.6 cm³/mol. The molecule has 0 rings (SSSR count). The van der Waals surface area contributed by atoms with Gasteiger partial charge in [-0.05, 0) is 12.8 Å². The van der Waals surface area contributed by atoms with Crippen molar-refractivity contribution in [1.82, 2.24) is 0 Å². The third kappa shape index (κ3) is 9.92. The van der Waals surface area contributed by atoms with Crippen molar-refractivity contribution in [2.45, 2.75) is 38.4 Å². The Morgan fingerprint density at radius 1 is 1.40 bits per heavy atom. The molecule has 0 aromatic carbocycles. The van der Waals surface area contributed by atoms with Crippen LogP contribution in [0.3, 0.4) is 0 Å². The SMILES string of the molecule is CCCC(CCOC(C)=O)S(=O)(=O)[O-].[K+]. The van der Waals surface area contributed by atoms with E-state index in [0.717, 1.165) is 0 Å². The fraction of sp³-hybridized carbons (Fsp3) is 0.875. The number of carbonyl (C=O) groups excluding carboxylic acids is 1. The molecule has 1 atom stereocenters. The van der Waals surface area contributed by atoms with Crippen LogP contribution in [0.2, 0.25) is 0 Å². The molecule has 0 spiro atoms. The minimum absolute atomic E-state index is 0. The predicted octanol–water partition coefficient (Wildman–Crippen LogP) is -2.34. The summed E-state index contributed by atoms with van der Waals surface area (Å²) in [5, 5.41) is -0.938. The topological polar surface area (TPSA) is 83.5 Å². The van der Waals surface area contributed by atoms with Gasteiger partial charge in [0.2, 0.25) is 0 Å². The Kier molecular flexibility index (Phi) is 11.1. The molecular formula is C8H15KO5S. The molecular weight excluding hydrogens is 247 g/mol. The second-order valence-electron chi connectivity index (χ2n) is 3.03. The first-order valence-corrected chi connectivity index (χ1v) is 5.93. The molecule has 0 bridgehead atoms. The smallest absolute Gasteiger partial charge is 0.748 e. The van der Waals surface area contributed by atoms with Gasteiger partial charge >= 0.3 is 57.4 Å². The summed E-state index contributed by atoms with van der Waals surface area (Å²) < 4.78 is 36.7. The molecule has 0 saturated heterocycles. The Balaban J connectivity index is 0. The number of hydrogen-bond acceptors (Lipinski definition) is 5. The molecule has 0 amide bonds. The van der Waals surface area contributed by atoms with E-state index in [0.29, 0.717) is 12.8 Å². The Bertz CT molecular complexity index is 275. The molecule has 15 heavy (non-hydrogen) atoms. The van der Waals surface area contributed by atoms with Crippen LogP contribution in [0, 0.1) is 0 Å². The van der Waals surface area contributed by atoms with Crippen molar-refractivity contribution >= 4 is 16.1 Å². The maximum absolute atomic E-state index is 10.7. The molecule has 0 saturated carbocycles. The molecule has 0 fully saturated rings. The van der Waals surface area contributed by atoms with Crippen LogP contribution in [-0.4, -0.2) is 30.8 Å². The van der Waals surface area contributed by atoms with Crippen molar-refractivity contribution in [2.75, 3.05) is 6.61 Å². The second kappa shape index (κ2) is 9.09. The number of rotatable bonds is 6. The summed E-state index contributed by atoms with van der Waals surface area (Å²) in [7, 11) is -4.27. The zero-order valence-electron chi connectivity index (χ0n) is 9.36. The van der Waals surface area contributed by atoms with Crippen LogP contribution in [0.1, 0.15) is 33.1 Å². The molecule has 7 heteroatoms. The molecule has 0 aliphatic rings. The first-order valence-electron chi connectivity index (χ1n) is 4.46. The summed E-state index contributed by atoms with van der Waals surface area (Å²) in [6.07, 6.45) is 1.01. The fourth-order valence-corrected chi connectivity index (χ4v) is 2.00. The molecule has 1 unspecified atom stereocenters. The average Bonchev–Trinajstić information content (AvgIpc) is 2.00. The van der Waals surface area contributed by atoms with E-state index in [9.17, 15) is 17.8 Å². The Labute approximate surface area is 133 Å². The molecule has 0 aliphatic carbocycles. The fourth-order valence-electron chi connectivity index (χ4n) is 1.09. The molecule has 0 aromatic heterocycles. The summed E-state index contributed by atoms with van der Waals surface area (Å²) in [4.78, 5) is 10.4. The van der Waals surface area contributed by atoms with Crippen molar-refractivity contribution in [3.63, 3.8) is 0 Å². The van der Waals surface area contributed by atoms with Crippen molar-refractivity contribution in [3.8, 4) is 0 Å². The van der Waals surface area contributed by atoms with Crippen LogP contribution in [-0.2, 0) is 19.6 Å². The van der Waals surface area contributed by atoms with E-state index in [-0.39, 0.29) is 64.4 Å². The van der Waals surface area contributed by atoms with E-state index in [1.807, 2.05) is 0 Å². The summed E-state index contributed by atoms with van der Waals surface area (Å²) in [5.74, 6) is -0.469. The van der Waals surface area contributed by atoms with Gasteiger partial charge in [-0.3, -0.25) is 4.79 Å². The third-order valence-electron chi connectivity index (χ3n) is 1.76. The van der Waals surface area contributed by atoms with Gasteiger partial charge in [0, 0.05) is 6.92 Å². The number of carbonyl (C=O) groups is 1. The molecule has 0 N–H and O–H groups in total. The Morgan fingerprint density at radius 3 is 2.27 bits per heavy atom. The molecule has 0 heterocycles. The van der Waals surface area contributed by atoms with Crippen molar-refractivity contribution < 1.29 is 73.9 Å². The molecule has 0 radical (unpaired) electrons. The zero-order valence-corrected chi connectivity index (χ0v) is 13.3. The molecule has 84 valence electrons. The summed E-state index contributed by atoms with van der Waals surface area (Å²) in [6.45, 7) is 3.02. The number of esters is 1. The van der Waals surface area contributed by atoms with Gasteiger partial charge in [-0.2, -0.15) is 0 Å². The van der Waals surface area contributed by atoms with E-state index < -0.39 is 21.3 Å². The van der Waals surface area contributed by atoms with Gasteiger partial charge in [0.15, 0.2) is 0 Å². The molecule has 5 nitrogen and oxygen atoms in total. The van der Waals surface area contributed by atoms with Gasteiger partial charge in [0.25, 0.3) is 0 Å². The largest absolute Gasteiger partial charge is 1.00 e. The van der Waals surface area contributed by atoms with E-state index in [1.165, 1.54) is 6.92 Å². The van der Waals surface area contributed by atoms with Crippen LogP contribution >= 0.6 is 0 Å². The first kappa shape index (κ1) is 18.4. The van der Waals surface area contributed by atoms with Crippen molar-refractivity contribution in [1.29, 1.82) is 0 Å². The Morgan fingerprint density at radius 2 is 1.93 bits per heavy atom. The van der Waals surface area contributed by atoms with E-state index in [2.05, 4.69) is 4.74 Å². The molecule has 0 aromatic rings. The van der Waals surface area contributed by atoms with Gasteiger partial charge in [0.1, 0.15) is 0 Å². The van der Waals surface area contributed by atoms with Crippen LogP contribution in [0.5, 0.6) is 0 Å². The number of hydrogen-bond donors (Lipinski definition) is 0. The van der Waals surface area contributed by atoms with Crippen molar-refractivity contribution in [3.05, 3.63) is 0 Å². The monoisotopic (exact) mass is 262 g/mol. The first-order chi connectivity index (χ1) is 6.38. The maximum atomic E-state index is 10.7. The minimum Gasteiger partial charge on any atom is -0.748 e. The summed E-state index contributed by atoms with van der Waals surface area (Å²) in [6, 6.07) is 0. The zero-order chi connectivity index (χ0) is 11.2. The Hall–Kier alpha value is 1.02.